The van der Waals surface area contributed by atoms with E-state index in [0.29, 0.717) is 41.0 Å². The normalized spacial score (nSPS) is 14.0. The van der Waals surface area contributed by atoms with E-state index in [1.165, 1.54) is 0 Å². The van der Waals surface area contributed by atoms with Crippen molar-refractivity contribution < 1.29 is 14.3 Å². The maximum absolute atomic E-state index is 13.0. The van der Waals surface area contributed by atoms with Gasteiger partial charge >= 0.3 is 0 Å². The van der Waals surface area contributed by atoms with Crippen LogP contribution in [0.4, 0.5) is 5.69 Å². The third-order valence-electron chi connectivity index (χ3n) is 5.23. The van der Waals surface area contributed by atoms with Gasteiger partial charge < -0.3 is 19.3 Å². The summed E-state index contributed by atoms with van der Waals surface area (Å²) in [5.74, 6) is 1.27. The first-order valence-corrected chi connectivity index (χ1v) is 10.0. The van der Waals surface area contributed by atoms with E-state index in [2.05, 4.69) is 15.1 Å². The van der Waals surface area contributed by atoms with Crippen LogP contribution < -0.4 is 14.4 Å². The zero-order valence-electron chi connectivity index (χ0n) is 16.9. The number of aromatic amines is 1. The Morgan fingerprint density at radius 3 is 2.53 bits per heavy atom. The lowest BCUT2D eigenvalue weighted by molar-refractivity contribution is 0.0741. The topological polar surface area (TPSA) is 70.7 Å². The molecule has 0 radical (unpaired) electrons. The molecule has 1 saturated heterocycles. The highest BCUT2D eigenvalue weighted by atomic mass is 35.5. The number of hydrogen-bond acceptors (Lipinski definition) is 5. The summed E-state index contributed by atoms with van der Waals surface area (Å²) in [5.41, 5.74) is 2.97. The third-order valence-corrected chi connectivity index (χ3v) is 5.47. The molecule has 0 atom stereocenters. The molecule has 3 aromatic rings. The fourth-order valence-corrected chi connectivity index (χ4v) is 3.77. The molecular formula is C22H23ClN4O3. The van der Waals surface area contributed by atoms with Crippen molar-refractivity contribution in [3.63, 3.8) is 0 Å². The molecule has 2 aromatic carbocycles. The van der Waals surface area contributed by atoms with Crippen LogP contribution in [0.2, 0.25) is 5.02 Å². The Bertz CT molecular complexity index is 1040. The summed E-state index contributed by atoms with van der Waals surface area (Å²) in [6.45, 7) is 2.76. The summed E-state index contributed by atoms with van der Waals surface area (Å²) in [6.07, 6.45) is 0. The number of hydrogen-bond donors (Lipinski definition) is 1. The molecule has 1 aliphatic rings. The molecule has 0 bridgehead atoms. The Balaban J connectivity index is 1.45. The molecule has 2 heterocycles. The summed E-state index contributed by atoms with van der Waals surface area (Å²) < 4.78 is 10.7. The van der Waals surface area contributed by atoms with Crippen molar-refractivity contribution in [2.45, 2.75) is 0 Å². The molecule has 1 aromatic heterocycles. The van der Waals surface area contributed by atoms with Gasteiger partial charge in [0.1, 0.15) is 17.2 Å². The average Bonchev–Trinajstić information content (AvgIpc) is 3.28. The summed E-state index contributed by atoms with van der Waals surface area (Å²) in [7, 11) is 3.20. The number of benzene rings is 2. The Morgan fingerprint density at radius 1 is 1.03 bits per heavy atom. The molecule has 0 unspecified atom stereocenters. The number of carbonyl (C=O) groups is 1. The zero-order chi connectivity index (χ0) is 21.1. The van der Waals surface area contributed by atoms with Gasteiger partial charge in [0.05, 0.1) is 19.9 Å². The van der Waals surface area contributed by atoms with E-state index in [1.807, 2.05) is 41.3 Å². The molecule has 8 heteroatoms. The molecular weight excluding hydrogens is 404 g/mol. The van der Waals surface area contributed by atoms with E-state index in [0.717, 1.165) is 24.3 Å². The molecule has 1 aliphatic heterocycles. The van der Waals surface area contributed by atoms with E-state index in [4.69, 9.17) is 21.1 Å². The zero-order valence-corrected chi connectivity index (χ0v) is 17.6. The van der Waals surface area contributed by atoms with Crippen molar-refractivity contribution in [2.24, 2.45) is 0 Å². The molecule has 30 heavy (non-hydrogen) atoms. The summed E-state index contributed by atoms with van der Waals surface area (Å²) in [5, 5.41) is 7.91. The number of ether oxygens (including phenoxy) is 2. The summed E-state index contributed by atoms with van der Waals surface area (Å²) >= 11 is 6.10. The molecule has 0 spiro atoms. The number of amides is 1. The van der Waals surface area contributed by atoms with Crippen LogP contribution in [-0.4, -0.2) is 61.4 Å². The number of H-pyrrole nitrogens is 1. The minimum atomic E-state index is -0.0630. The van der Waals surface area contributed by atoms with Crippen LogP contribution >= 0.6 is 11.6 Å². The van der Waals surface area contributed by atoms with Gasteiger partial charge in [-0.15, -0.1) is 0 Å². The van der Waals surface area contributed by atoms with E-state index in [1.54, 1.807) is 26.4 Å². The van der Waals surface area contributed by atoms with Gasteiger partial charge in [0.25, 0.3) is 5.91 Å². The largest absolute Gasteiger partial charge is 0.497 e. The summed E-state index contributed by atoms with van der Waals surface area (Å²) in [4.78, 5) is 17.0. The van der Waals surface area contributed by atoms with Gasteiger partial charge in [0, 0.05) is 48.5 Å². The van der Waals surface area contributed by atoms with Crippen molar-refractivity contribution in [1.29, 1.82) is 0 Å². The van der Waals surface area contributed by atoms with Gasteiger partial charge in [0.15, 0.2) is 0 Å². The smallest absolute Gasteiger partial charge is 0.272 e. The van der Waals surface area contributed by atoms with Crippen LogP contribution in [0.1, 0.15) is 10.5 Å². The second-order valence-electron chi connectivity index (χ2n) is 6.99. The van der Waals surface area contributed by atoms with Crippen molar-refractivity contribution in [3.8, 4) is 22.8 Å². The number of methoxy groups -OCH3 is 2. The lowest BCUT2D eigenvalue weighted by atomic mass is 10.1. The number of nitrogens with one attached hydrogen (secondary N) is 1. The number of carbonyl (C=O) groups excluding carboxylic acids is 1. The number of nitrogens with zero attached hydrogens (tertiary/aromatic N) is 3. The lowest BCUT2D eigenvalue weighted by Gasteiger charge is -2.36. The number of anilines is 1. The number of aromatic nitrogens is 2. The van der Waals surface area contributed by atoms with Crippen LogP contribution in [0, 0.1) is 0 Å². The third kappa shape index (κ3) is 4.07. The first-order valence-electron chi connectivity index (χ1n) is 9.66. The second kappa shape index (κ2) is 8.67. The predicted molar refractivity (Wildman–Crippen MR) is 117 cm³/mol. The van der Waals surface area contributed by atoms with Gasteiger partial charge in [-0.3, -0.25) is 9.89 Å². The van der Waals surface area contributed by atoms with Gasteiger partial charge in [-0.2, -0.15) is 5.10 Å². The Hall–Kier alpha value is -3.19. The van der Waals surface area contributed by atoms with Crippen molar-refractivity contribution in [2.75, 3.05) is 45.3 Å². The highest BCUT2D eigenvalue weighted by molar-refractivity contribution is 6.30. The van der Waals surface area contributed by atoms with Gasteiger partial charge in [-0.1, -0.05) is 17.7 Å². The monoisotopic (exact) mass is 426 g/mol. The van der Waals surface area contributed by atoms with E-state index >= 15 is 0 Å². The van der Waals surface area contributed by atoms with Crippen molar-refractivity contribution in [1.82, 2.24) is 15.1 Å². The van der Waals surface area contributed by atoms with Crippen LogP contribution in [0.3, 0.4) is 0 Å². The van der Waals surface area contributed by atoms with Crippen LogP contribution in [0.15, 0.2) is 48.5 Å². The van der Waals surface area contributed by atoms with Crippen molar-refractivity contribution >= 4 is 23.2 Å². The van der Waals surface area contributed by atoms with E-state index in [9.17, 15) is 4.79 Å². The van der Waals surface area contributed by atoms with Gasteiger partial charge in [-0.25, -0.2) is 0 Å². The van der Waals surface area contributed by atoms with E-state index in [-0.39, 0.29) is 5.91 Å². The van der Waals surface area contributed by atoms with E-state index < -0.39 is 0 Å². The van der Waals surface area contributed by atoms with Crippen LogP contribution in [-0.2, 0) is 0 Å². The molecule has 7 nitrogen and oxygen atoms in total. The highest BCUT2D eigenvalue weighted by Gasteiger charge is 2.24. The van der Waals surface area contributed by atoms with Gasteiger partial charge in [-0.05, 0) is 36.4 Å². The predicted octanol–water partition coefficient (Wildman–Crippen LogP) is 3.71. The van der Waals surface area contributed by atoms with Gasteiger partial charge in [0.2, 0.25) is 0 Å². The molecule has 156 valence electrons. The fourth-order valence-electron chi connectivity index (χ4n) is 3.59. The molecule has 0 aliphatic carbocycles. The Kier molecular flexibility index (Phi) is 5.81. The second-order valence-corrected chi connectivity index (χ2v) is 7.43. The average molecular weight is 427 g/mol. The number of halogens is 1. The Morgan fingerprint density at radius 2 is 1.83 bits per heavy atom. The lowest BCUT2D eigenvalue weighted by Crippen LogP contribution is -2.48. The molecule has 0 saturated carbocycles. The molecule has 1 amide bonds. The molecule has 4 rings (SSSR count). The molecule has 1 N–H and O–H groups in total. The first-order chi connectivity index (χ1) is 14.6. The Labute approximate surface area is 180 Å². The molecule has 1 fully saturated rings. The highest BCUT2D eigenvalue weighted by Crippen LogP contribution is 2.32. The standard InChI is InChI=1S/C22H23ClN4O3/c1-29-17-6-7-18(21(13-17)30-2)19-14-20(25-24-19)22(28)27-10-8-26(9-11-27)16-5-3-4-15(23)12-16/h3-7,12-14H,8-11H2,1-2H3,(H,24,25). The maximum atomic E-state index is 13.0. The minimum absolute atomic E-state index is 0.0630. The number of rotatable bonds is 5. The van der Waals surface area contributed by atoms with Crippen LogP contribution in [0.25, 0.3) is 11.3 Å². The van der Waals surface area contributed by atoms with Crippen LogP contribution in [0.5, 0.6) is 11.5 Å². The quantitative estimate of drug-likeness (QED) is 0.673. The SMILES string of the molecule is COc1ccc(-c2cc(C(=O)N3CCN(c4cccc(Cl)c4)CC3)[nH]n2)c(OC)c1. The first kappa shape index (κ1) is 20.1. The van der Waals surface area contributed by atoms with Crippen molar-refractivity contribution in [3.05, 3.63) is 59.2 Å². The number of piperazine rings is 1. The maximum Gasteiger partial charge on any atom is 0.272 e. The fraction of sp³-hybridized carbons (Fsp3) is 0.273. The summed E-state index contributed by atoms with van der Waals surface area (Å²) in [6, 6.07) is 15.0. The minimum Gasteiger partial charge on any atom is -0.497 e.